The van der Waals surface area contributed by atoms with E-state index in [1.54, 1.807) is 11.9 Å². The number of allylic oxidation sites excluding steroid dienone is 1. The number of carbonyl (C=O) groups excluding carboxylic acids is 3. The first-order valence-corrected chi connectivity index (χ1v) is 20.3. The third kappa shape index (κ3) is 6.96. The van der Waals surface area contributed by atoms with Crippen LogP contribution in [0.1, 0.15) is 81.5 Å². The second kappa shape index (κ2) is 13.5. The minimum atomic E-state index is -3.83. The molecule has 7 rings (SSSR count). The molecule has 4 heterocycles. The molecule has 2 saturated carbocycles. The number of benzene rings is 1. The monoisotopic (exact) mass is 734 g/mol. The summed E-state index contributed by atoms with van der Waals surface area (Å²) in [4.78, 5) is 54.8. The molecule has 14 heteroatoms. The van der Waals surface area contributed by atoms with Gasteiger partial charge in [0.05, 0.1) is 23.0 Å². The van der Waals surface area contributed by atoms with Crippen molar-refractivity contribution in [2.75, 3.05) is 20.1 Å². The van der Waals surface area contributed by atoms with Gasteiger partial charge in [-0.2, -0.15) is 0 Å². The molecule has 2 aromatic heterocycles. The number of rotatable bonds is 7. The van der Waals surface area contributed by atoms with Crippen LogP contribution >= 0.6 is 11.3 Å². The largest absolute Gasteiger partial charge is 0.488 e. The number of aryl methyl sites for hydroxylation is 2. The van der Waals surface area contributed by atoms with E-state index in [9.17, 15) is 22.8 Å². The number of carbonyl (C=O) groups is 3. The van der Waals surface area contributed by atoms with E-state index in [1.165, 1.54) is 16.2 Å². The van der Waals surface area contributed by atoms with Crippen LogP contribution in [0.15, 0.2) is 35.7 Å². The SMILES string of the molecule is Cc1ccc2c(O[C@@H]3C[C@H]4C(=O)N[C@]5(C(=O)NS(=O)(=O)C6CC6)C[C@H]5/C=C\CCCCN(C)C(=O)N4C3)cc(-c3nc(C(C)C)cs3)nc2c1C. The molecule has 4 amide bonds. The smallest absolute Gasteiger partial charge is 0.320 e. The van der Waals surface area contributed by atoms with Crippen LogP contribution < -0.4 is 14.8 Å². The van der Waals surface area contributed by atoms with Crippen molar-refractivity contribution in [2.45, 2.75) is 101 Å². The van der Waals surface area contributed by atoms with Crippen LogP contribution in [0.5, 0.6) is 5.75 Å². The molecule has 272 valence electrons. The second-order valence-electron chi connectivity index (χ2n) is 14.9. The number of thiazole rings is 1. The average Bonchev–Trinajstić information content (AvgIpc) is 3.96. The Kier molecular flexibility index (Phi) is 9.36. The van der Waals surface area contributed by atoms with E-state index < -0.39 is 44.8 Å². The lowest BCUT2D eigenvalue weighted by Gasteiger charge is -2.30. The Morgan fingerprint density at radius 3 is 2.67 bits per heavy atom. The van der Waals surface area contributed by atoms with Gasteiger partial charge in [-0.05, 0) is 75.5 Å². The summed E-state index contributed by atoms with van der Waals surface area (Å²) in [6.45, 7) is 8.96. The predicted octanol–water partition coefficient (Wildman–Crippen LogP) is 5.20. The molecular weight excluding hydrogens is 689 g/mol. The molecule has 2 aliphatic heterocycles. The van der Waals surface area contributed by atoms with Gasteiger partial charge >= 0.3 is 6.03 Å². The number of fused-ring (bicyclic) bond motifs is 3. The molecule has 2 N–H and O–H groups in total. The van der Waals surface area contributed by atoms with Crippen molar-refractivity contribution in [1.29, 1.82) is 0 Å². The third-order valence-corrected chi connectivity index (χ3v) is 13.4. The molecule has 12 nitrogen and oxygen atoms in total. The zero-order chi connectivity index (χ0) is 36.2. The van der Waals surface area contributed by atoms with Gasteiger partial charge in [0.25, 0.3) is 5.91 Å². The molecule has 0 unspecified atom stereocenters. The Bertz CT molecular complexity index is 2020. The van der Waals surface area contributed by atoms with Gasteiger partial charge in [0, 0.05) is 42.8 Å². The number of hydrogen-bond donors (Lipinski definition) is 2. The van der Waals surface area contributed by atoms with E-state index in [2.05, 4.69) is 23.9 Å². The first kappa shape index (κ1) is 35.4. The maximum atomic E-state index is 14.2. The highest BCUT2D eigenvalue weighted by atomic mass is 32.2. The molecule has 3 aromatic rings. The zero-order valence-corrected chi connectivity index (χ0v) is 31.4. The van der Waals surface area contributed by atoms with Gasteiger partial charge in [0.1, 0.15) is 34.1 Å². The summed E-state index contributed by atoms with van der Waals surface area (Å²) in [5.74, 6) is -0.730. The van der Waals surface area contributed by atoms with Gasteiger partial charge in [0.15, 0.2) is 0 Å². The molecule has 4 atom stereocenters. The lowest BCUT2D eigenvalue weighted by molar-refractivity contribution is -0.131. The van der Waals surface area contributed by atoms with Crippen LogP contribution in [-0.4, -0.2) is 89.1 Å². The summed E-state index contributed by atoms with van der Waals surface area (Å²) in [5.41, 5.74) is 3.19. The fourth-order valence-corrected chi connectivity index (χ4v) is 9.36. The van der Waals surface area contributed by atoms with Crippen molar-refractivity contribution in [3.05, 3.63) is 52.6 Å². The zero-order valence-electron chi connectivity index (χ0n) is 29.8. The fourth-order valence-electron chi connectivity index (χ4n) is 7.05. The number of sulfonamides is 1. The molecule has 2 aliphatic carbocycles. The predicted molar refractivity (Wildman–Crippen MR) is 196 cm³/mol. The summed E-state index contributed by atoms with van der Waals surface area (Å²) in [5, 5.41) is 6.00. The fraction of sp³-hybridized carbons (Fsp3) is 0.541. The first-order valence-electron chi connectivity index (χ1n) is 17.9. The minimum absolute atomic E-state index is 0.151. The van der Waals surface area contributed by atoms with Gasteiger partial charge < -0.3 is 19.9 Å². The summed E-state index contributed by atoms with van der Waals surface area (Å²) in [6, 6.07) is 4.67. The maximum Gasteiger partial charge on any atom is 0.320 e. The number of pyridine rings is 1. The lowest BCUT2D eigenvalue weighted by atomic mass is 10.0. The summed E-state index contributed by atoms with van der Waals surface area (Å²) >= 11 is 1.53. The van der Waals surface area contributed by atoms with Crippen molar-refractivity contribution in [2.24, 2.45) is 5.92 Å². The summed E-state index contributed by atoms with van der Waals surface area (Å²) < 4.78 is 34.5. The molecule has 1 saturated heterocycles. The van der Waals surface area contributed by atoms with Crippen LogP contribution in [0.2, 0.25) is 0 Å². The third-order valence-electron chi connectivity index (χ3n) is 10.7. The van der Waals surface area contributed by atoms with Crippen LogP contribution in [0, 0.1) is 19.8 Å². The molecule has 51 heavy (non-hydrogen) atoms. The number of nitrogens with one attached hydrogen (secondary N) is 2. The molecular formula is C37H46N6O6S2. The van der Waals surface area contributed by atoms with E-state index in [-0.39, 0.29) is 37.3 Å². The first-order chi connectivity index (χ1) is 24.3. The highest BCUT2D eigenvalue weighted by Crippen LogP contribution is 2.46. The number of hydrogen-bond acceptors (Lipinski definition) is 9. The Labute approximate surface area is 303 Å². The van der Waals surface area contributed by atoms with Crippen molar-refractivity contribution >= 4 is 50.1 Å². The highest BCUT2D eigenvalue weighted by molar-refractivity contribution is 7.91. The minimum Gasteiger partial charge on any atom is -0.488 e. The van der Waals surface area contributed by atoms with E-state index in [0.29, 0.717) is 30.8 Å². The van der Waals surface area contributed by atoms with Crippen molar-refractivity contribution < 1.29 is 27.5 Å². The molecule has 0 radical (unpaired) electrons. The van der Waals surface area contributed by atoms with Crippen molar-refractivity contribution in [3.8, 4) is 16.5 Å². The quantitative estimate of drug-likeness (QED) is 0.315. The molecule has 0 spiro atoms. The van der Waals surface area contributed by atoms with Crippen LogP contribution in [0.3, 0.4) is 0 Å². The van der Waals surface area contributed by atoms with Crippen LogP contribution in [0.4, 0.5) is 4.79 Å². The van der Waals surface area contributed by atoms with Gasteiger partial charge in [0.2, 0.25) is 15.9 Å². The van der Waals surface area contributed by atoms with E-state index >= 15 is 0 Å². The van der Waals surface area contributed by atoms with Gasteiger partial charge in [-0.25, -0.2) is 23.2 Å². The number of urea groups is 1. The molecule has 3 fully saturated rings. The Morgan fingerprint density at radius 2 is 1.94 bits per heavy atom. The Balaban J connectivity index is 1.20. The number of nitrogens with zero attached hydrogens (tertiary/aromatic N) is 4. The van der Waals surface area contributed by atoms with Crippen molar-refractivity contribution in [3.63, 3.8) is 0 Å². The van der Waals surface area contributed by atoms with Gasteiger partial charge in [-0.1, -0.05) is 32.1 Å². The van der Waals surface area contributed by atoms with Gasteiger partial charge in [-0.15, -0.1) is 11.3 Å². The number of ether oxygens (including phenoxy) is 1. The average molecular weight is 735 g/mol. The van der Waals surface area contributed by atoms with Crippen LogP contribution in [0.25, 0.3) is 21.6 Å². The van der Waals surface area contributed by atoms with Crippen molar-refractivity contribution in [1.82, 2.24) is 29.8 Å². The second-order valence-corrected chi connectivity index (χ2v) is 17.7. The summed E-state index contributed by atoms with van der Waals surface area (Å²) in [7, 11) is -2.10. The lowest BCUT2D eigenvalue weighted by Crippen LogP contribution is -2.57. The highest BCUT2D eigenvalue weighted by Gasteiger charge is 2.62. The van der Waals surface area contributed by atoms with E-state index in [0.717, 1.165) is 52.0 Å². The molecule has 4 aliphatic rings. The Morgan fingerprint density at radius 1 is 1.16 bits per heavy atom. The topological polar surface area (TPSA) is 151 Å². The normalized spacial score (nSPS) is 26.4. The van der Waals surface area contributed by atoms with E-state index in [1.807, 2.05) is 49.6 Å². The maximum absolute atomic E-state index is 14.2. The van der Waals surface area contributed by atoms with E-state index in [4.69, 9.17) is 14.7 Å². The van der Waals surface area contributed by atoms with Crippen LogP contribution in [-0.2, 0) is 19.6 Å². The number of aromatic nitrogens is 2. The Hall–Kier alpha value is -4.04. The summed E-state index contributed by atoms with van der Waals surface area (Å²) in [6.07, 6.45) is 7.17. The number of amides is 4. The standard InChI is InChI=1S/C37H46N6O6S2/c1-21(2)29-20-50-34(39-29)28-17-31(27-14-11-22(3)23(4)32(27)38-28)49-25-16-30-33(44)40-37(35(45)41-51(47,48)26-12-13-26)18-24(37)10-8-6-7-9-15-42(5)36(46)43(30)19-25/h8,10-11,14,17,20-21,24-26,30H,6-7,9,12-13,15-16,18-19H2,1-5H3,(H,40,44)(H,41,45)/b10-8-/t24-,25-,30+,37-/m1/s1. The molecule has 1 aromatic carbocycles. The molecule has 0 bridgehead atoms. The van der Waals surface area contributed by atoms with Gasteiger partial charge in [-0.3, -0.25) is 14.3 Å².